The van der Waals surface area contributed by atoms with Crippen LogP contribution in [-0.4, -0.2) is 15.0 Å². The number of halogens is 1. The molecule has 0 aliphatic rings. The zero-order valence-corrected chi connectivity index (χ0v) is 18.6. The fourth-order valence-corrected chi connectivity index (χ4v) is 4.61. The number of hydrogen-bond acceptors (Lipinski definition) is 4. The van der Waals surface area contributed by atoms with Crippen LogP contribution in [0.15, 0.2) is 63.5 Å². The molecule has 0 fully saturated rings. The van der Waals surface area contributed by atoms with Gasteiger partial charge in [-0.05, 0) is 60.2 Å². The van der Waals surface area contributed by atoms with Gasteiger partial charge in [-0.3, -0.25) is 14.2 Å². The lowest BCUT2D eigenvalue weighted by Crippen LogP contribution is -2.41. The number of nitrogens with one attached hydrogen (secondary N) is 1. The summed E-state index contributed by atoms with van der Waals surface area (Å²) in [5, 5.41) is 5.10. The van der Waals surface area contributed by atoms with E-state index in [9.17, 15) is 14.4 Å². The first kappa shape index (κ1) is 21.1. The van der Waals surface area contributed by atoms with Crippen LogP contribution in [0.2, 0.25) is 5.02 Å². The lowest BCUT2D eigenvalue weighted by molar-refractivity contribution is -0.121. The first-order valence-electron chi connectivity index (χ1n) is 9.67. The lowest BCUT2D eigenvalue weighted by atomic mass is 10.1. The van der Waals surface area contributed by atoms with Crippen molar-refractivity contribution in [2.45, 2.75) is 26.9 Å². The molecule has 8 heteroatoms. The van der Waals surface area contributed by atoms with E-state index < -0.39 is 5.69 Å². The Hall–Kier alpha value is -3.16. The number of amides is 1. The second-order valence-electron chi connectivity index (χ2n) is 7.36. The summed E-state index contributed by atoms with van der Waals surface area (Å²) >= 11 is 7.40. The molecule has 2 heterocycles. The van der Waals surface area contributed by atoms with Crippen molar-refractivity contribution in [2.75, 3.05) is 0 Å². The van der Waals surface area contributed by atoms with Crippen LogP contribution in [0.4, 0.5) is 0 Å². The zero-order valence-electron chi connectivity index (χ0n) is 17.0. The second kappa shape index (κ2) is 8.53. The van der Waals surface area contributed by atoms with Crippen LogP contribution < -0.4 is 16.6 Å². The minimum atomic E-state index is -0.547. The Morgan fingerprint density at radius 1 is 1.06 bits per heavy atom. The van der Waals surface area contributed by atoms with E-state index in [2.05, 4.69) is 5.32 Å². The summed E-state index contributed by atoms with van der Waals surface area (Å²) in [5.74, 6) is -0.347. The van der Waals surface area contributed by atoms with Crippen molar-refractivity contribution in [1.82, 2.24) is 14.5 Å². The Morgan fingerprint density at radius 3 is 2.48 bits per heavy atom. The maximum absolute atomic E-state index is 13.3. The quantitative estimate of drug-likeness (QED) is 0.499. The summed E-state index contributed by atoms with van der Waals surface area (Å²) in [6.45, 7) is 3.86. The molecule has 1 N–H and O–H groups in total. The topological polar surface area (TPSA) is 73.1 Å². The van der Waals surface area contributed by atoms with Crippen LogP contribution in [-0.2, 0) is 17.9 Å². The first-order valence-corrected chi connectivity index (χ1v) is 10.9. The number of carbonyl (C=O) groups excluding carboxylic acids is 1. The average Bonchev–Trinajstić information content (AvgIpc) is 3.20. The molecule has 6 nitrogen and oxygen atoms in total. The van der Waals surface area contributed by atoms with Crippen LogP contribution in [0.5, 0.6) is 0 Å². The van der Waals surface area contributed by atoms with Crippen molar-refractivity contribution < 1.29 is 4.79 Å². The lowest BCUT2D eigenvalue weighted by Gasteiger charge is -2.13. The van der Waals surface area contributed by atoms with E-state index in [1.165, 1.54) is 15.9 Å². The highest BCUT2D eigenvalue weighted by Gasteiger charge is 2.18. The van der Waals surface area contributed by atoms with E-state index in [4.69, 9.17) is 11.6 Å². The van der Waals surface area contributed by atoms with E-state index in [1.807, 2.05) is 38.1 Å². The number of aromatic nitrogens is 2. The van der Waals surface area contributed by atoms with Crippen molar-refractivity contribution in [3.8, 4) is 5.69 Å². The molecule has 0 aliphatic heterocycles. The molecule has 158 valence electrons. The fraction of sp³-hybridized carbons (Fsp3) is 0.174. The number of thiophene rings is 1. The van der Waals surface area contributed by atoms with Crippen molar-refractivity contribution in [2.24, 2.45) is 0 Å². The number of aryl methyl sites for hydroxylation is 2. The number of carbonyl (C=O) groups is 1. The van der Waals surface area contributed by atoms with Crippen LogP contribution >= 0.6 is 22.9 Å². The summed E-state index contributed by atoms with van der Waals surface area (Å²) in [7, 11) is 0. The molecule has 1 amide bonds. The van der Waals surface area contributed by atoms with Gasteiger partial charge in [-0.2, -0.15) is 0 Å². The molecule has 0 saturated heterocycles. The van der Waals surface area contributed by atoms with Gasteiger partial charge in [0.15, 0.2) is 0 Å². The first-order chi connectivity index (χ1) is 14.8. The summed E-state index contributed by atoms with van der Waals surface area (Å²) in [6.07, 6.45) is 0. The third kappa shape index (κ3) is 4.19. The van der Waals surface area contributed by atoms with Crippen LogP contribution in [0, 0.1) is 13.8 Å². The molecule has 4 aromatic rings. The number of rotatable bonds is 5. The predicted octanol–water partition coefficient (Wildman–Crippen LogP) is 3.80. The van der Waals surface area contributed by atoms with E-state index in [1.54, 1.807) is 29.6 Å². The number of benzene rings is 2. The van der Waals surface area contributed by atoms with E-state index in [-0.39, 0.29) is 24.6 Å². The van der Waals surface area contributed by atoms with Crippen molar-refractivity contribution >= 4 is 39.1 Å². The molecule has 4 rings (SSSR count). The maximum atomic E-state index is 13.3. The molecule has 0 atom stereocenters. The van der Waals surface area contributed by atoms with E-state index >= 15 is 0 Å². The largest absolute Gasteiger partial charge is 0.350 e. The van der Waals surface area contributed by atoms with Crippen molar-refractivity contribution in [3.05, 3.63) is 96.5 Å². The predicted molar refractivity (Wildman–Crippen MR) is 124 cm³/mol. The van der Waals surface area contributed by atoms with Crippen molar-refractivity contribution in [3.63, 3.8) is 0 Å². The van der Waals surface area contributed by atoms with Crippen LogP contribution in [0.1, 0.15) is 16.7 Å². The Labute approximate surface area is 187 Å². The monoisotopic (exact) mass is 453 g/mol. The van der Waals surface area contributed by atoms with Crippen LogP contribution in [0.3, 0.4) is 0 Å². The van der Waals surface area contributed by atoms with Crippen LogP contribution in [0.25, 0.3) is 15.9 Å². The van der Waals surface area contributed by atoms with E-state index in [0.717, 1.165) is 21.3 Å². The minimum Gasteiger partial charge on any atom is -0.350 e. The SMILES string of the molecule is Cc1cc(C)cc(-n2c(=O)c3sccc3n(CC(=O)NCc3ccccc3Cl)c2=O)c1. The van der Waals surface area contributed by atoms with Gasteiger partial charge in [0.2, 0.25) is 5.91 Å². The van der Waals surface area contributed by atoms with Gasteiger partial charge in [0.1, 0.15) is 11.2 Å². The third-order valence-corrected chi connectivity index (χ3v) is 6.22. The van der Waals surface area contributed by atoms with Gasteiger partial charge >= 0.3 is 5.69 Å². The molecule has 0 radical (unpaired) electrons. The molecule has 0 unspecified atom stereocenters. The van der Waals surface area contributed by atoms with Gasteiger partial charge in [-0.1, -0.05) is 35.9 Å². The molecule has 0 saturated carbocycles. The summed E-state index contributed by atoms with van der Waals surface area (Å²) in [6, 6.07) is 14.5. The van der Waals surface area contributed by atoms with Gasteiger partial charge in [0.25, 0.3) is 5.56 Å². The maximum Gasteiger partial charge on any atom is 0.336 e. The highest BCUT2D eigenvalue weighted by molar-refractivity contribution is 7.17. The fourth-order valence-electron chi connectivity index (χ4n) is 3.58. The standard InChI is InChI=1S/C23H20ClN3O3S/c1-14-9-15(2)11-17(10-14)27-22(29)21-19(7-8-31-21)26(23(27)30)13-20(28)25-12-16-5-3-4-6-18(16)24/h3-11H,12-13H2,1-2H3,(H,25,28). The molecule has 0 spiro atoms. The summed E-state index contributed by atoms with van der Waals surface area (Å²) in [4.78, 5) is 39.0. The van der Waals surface area contributed by atoms with Gasteiger partial charge in [-0.15, -0.1) is 11.3 Å². The van der Waals surface area contributed by atoms with Gasteiger partial charge in [0, 0.05) is 11.6 Å². The average molecular weight is 454 g/mol. The molecule has 2 aromatic carbocycles. The zero-order chi connectivity index (χ0) is 22.1. The minimum absolute atomic E-state index is 0.207. The highest BCUT2D eigenvalue weighted by Crippen LogP contribution is 2.18. The Bertz CT molecular complexity index is 1400. The molecule has 0 aliphatic carbocycles. The summed E-state index contributed by atoms with van der Waals surface area (Å²) in [5.41, 5.74) is 2.68. The molecule has 0 bridgehead atoms. The Kier molecular flexibility index (Phi) is 5.80. The Morgan fingerprint density at radius 2 is 1.77 bits per heavy atom. The molecule has 31 heavy (non-hydrogen) atoms. The number of nitrogens with zero attached hydrogens (tertiary/aromatic N) is 2. The highest BCUT2D eigenvalue weighted by atomic mass is 35.5. The smallest absolute Gasteiger partial charge is 0.336 e. The van der Waals surface area contributed by atoms with Gasteiger partial charge < -0.3 is 5.32 Å². The second-order valence-corrected chi connectivity index (χ2v) is 8.68. The normalized spacial score (nSPS) is 11.1. The molecule has 2 aromatic heterocycles. The Balaban J connectivity index is 1.73. The third-order valence-electron chi connectivity index (χ3n) is 4.95. The van der Waals surface area contributed by atoms with Gasteiger partial charge in [-0.25, -0.2) is 9.36 Å². The number of hydrogen-bond donors (Lipinski definition) is 1. The number of fused-ring (bicyclic) bond motifs is 1. The molecular formula is C23H20ClN3O3S. The van der Waals surface area contributed by atoms with Gasteiger partial charge in [0.05, 0.1) is 11.2 Å². The summed E-state index contributed by atoms with van der Waals surface area (Å²) < 4.78 is 2.91. The molecular weight excluding hydrogens is 434 g/mol. The van der Waals surface area contributed by atoms with Crippen molar-refractivity contribution in [1.29, 1.82) is 0 Å². The van der Waals surface area contributed by atoms with E-state index in [0.29, 0.717) is 20.9 Å².